The lowest BCUT2D eigenvalue weighted by atomic mass is 9.96. The highest BCUT2D eigenvalue weighted by molar-refractivity contribution is 5.79. The Labute approximate surface area is 74.9 Å². The van der Waals surface area contributed by atoms with E-state index < -0.39 is 18.2 Å². The maximum Gasteiger partial charge on any atom is 0.509 e. The Morgan fingerprint density at radius 1 is 1.46 bits per heavy atom. The summed E-state index contributed by atoms with van der Waals surface area (Å²) < 4.78 is 14.0. The molecule has 0 N–H and O–H groups in total. The average Bonchev–Trinajstić information content (AvgIpc) is 2.44. The Balaban J connectivity index is 1.79. The van der Waals surface area contributed by atoms with E-state index in [1.54, 1.807) is 0 Å². The Morgan fingerprint density at radius 3 is 2.69 bits per heavy atom. The van der Waals surface area contributed by atoms with Crippen molar-refractivity contribution in [2.45, 2.75) is 31.5 Å². The minimum absolute atomic E-state index is 0.0202. The van der Waals surface area contributed by atoms with Crippen LogP contribution in [-0.2, 0) is 19.0 Å². The molecule has 0 aromatic heterocycles. The summed E-state index contributed by atoms with van der Waals surface area (Å²) in [6, 6.07) is 0. The molecule has 1 saturated carbocycles. The lowest BCUT2D eigenvalue weighted by molar-refractivity contribution is -0.161. The largest absolute Gasteiger partial charge is 0.509 e. The zero-order valence-corrected chi connectivity index (χ0v) is 7.02. The second kappa shape index (κ2) is 3.24. The Morgan fingerprint density at radius 2 is 2.23 bits per heavy atom. The van der Waals surface area contributed by atoms with Crippen LogP contribution >= 0.6 is 0 Å². The molecular formula is C8H10O5. The van der Waals surface area contributed by atoms with E-state index in [4.69, 9.17) is 4.74 Å². The van der Waals surface area contributed by atoms with E-state index in [1.165, 1.54) is 0 Å². The van der Waals surface area contributed by atoms with E-state index in [1.807, 2.05) is 0 Å². The van der Waals surface area contributed by atoms with Crippen molar-refractivity contribution in [3.05, 3.63) is 0 Å². The summed E-state index contributed by atoms with van der Waals surface area (Å²) >= 11 is 0. The van der Waals surface area contributed by atoms with E-state index >= 15 is 0 Å². The standard InChI is InChI=1S/C8H10O5/c9-7(12-5-2-1-3-5)6-4-11-8(10)13-6/h5-6H,1-4H2. The first-order chi connectivity index (χ1) is 6.25. The maximum absolute atomic E-state index is 11.2. The minimum Gasteiger partial charge on any atom is -0.460 e. The van der Waals surface area contributed by atoms with Crippen molar-refractivity contribution in [3.63, 3.8) is 0 Å². The predicted octanol–water partition coefficient (Wildman–Crippen LogP) is 0.617. The monoisotopic (exact) mass is 186 g/mol. The fourth-order valence-corrected chi connectivity index (χ4v) is 1.17. The van der Waals surface area contributed by atoms with Crippen LogP contribution in [0.4, 0.5) is 4.79 Å². The maximum atomic E-state index is 11.2. The third-order valence-corrected chi connectivity index (χ3v) is 2.19. The van der Waals surface area contributed by atoms with Crippen LogP contribution < -0.4 is 0 Å². The molecule has 1 heterocycles. The molecule has 2 rings (SSSR count). The van der Waals surface area contributed by atoms with Crippen LogP contribution in [-0.4, -0.2) is 30.9 Å². The topological polar surface area (TPSA) is 61.8 Å². The first-order valence-electron chi connectivity index (χ1n) is 4.29. The van der Waals surface area contributed by atoms with Gasteiger partial charge in [-0.1, -0.05) is 0 Å². The van der Waals surface area contributed by atoms with E-state index in [2.05, 4.69) is 9.47 Å². The molecule has 1 aliphatic heterocycles. The molecule has 72 valence electrons. The van der Waals surface area contributed by atoms with Gasteiger partial charge >= 0.3 is 12.1 Å². The van der Waals surface area contributed by atoms with Crippen molar-refractivity contribution in [1.82, 2.24) is 0 Å². The van der Waals surface area contributed by atoms with Crippen LogP contribution in [0.3, 0.4) is 0 Å². The molecule has 5 nitrogen and oxygen atoms in total. The molecule has 5 heteroatoms. The number of hydrogen-bond donors (Lipinski definition) is 0. The van der Waals surface area contributed by atoms with Crippen molar-refractivity contribution < 1.29 is 23.8 Å². The van der Waals surface area contributed by atoms with Crippen molar-refractivity contribution >= 4 is 12.1 Å². The summed E-state index contributed by atoms with van der Waals surface area (Å²) in [4.78, 5) is 21.7. The molecular weight excluding hydrogens is 176 g/mol. The van der Waals surface area contributed by atoms with Gasteiger partial charge in [-0.05, 0) is 19.3 Å². The first-order valence-corrected chi connectivity index (χ1v) is 4.29. The van der Waals surface area contributed by atoms with Gasteiger partial charge in [-0.25, -0.2) is 9.59 Å². The van der Waals surface area contributed by atoms with Gasteiger partial charge in [-0.2, -0.15) is 0 Å². The number of carbonyl (C=O) groups excluding carboxylic acids is 2. The average molecular weight is 186 g/mol. The summed E-state index contributed by atoms with van der Waals surface area (Å²) in [5, 5.41) is 0. The van der Waals surface area contributed by atoms with Gasteiger partial charge in [0, 0.05) is 0 Å². The molecule has 2 fully saturated rings. The highest BCUT2D eigenvalue weighted by atomic mass is 16.8. The predicted molar refractivity (Wildman–Crippen MR) is 40.0 cm³/mol. The van der Waals surface area contributed by atoms with Gasteiger partial charge in [0.15, 0.2) is 0 Å². The van der Waals surface area contributed by atoms with Gasteiger partial charge in [0.2, 0.25) is 6.10 Å². The molecule has 0 radical (unpaired) electrons. The van der Waals surface area contributed by atoms with E-state index in [-0.39, 0.29) is 12.7 Å². The van der Waals surface area contributed by atoms with Crippen molar-refractivity contribution in [2.24, 2.45) is 0 Å². The third kappa shape index (κ3) is 1.74. The van der Waals surface area contributed by atoms with Gasteiger partial charge < -0.3 is 14.2 Å². The van der Waals surface area contributed by atoms with Crippen LogP contribution in [0.5, 0.6) is 0 Å². The summed E-state index contributed by atoms with van der Waals surface area (Å²) in [5.74, 6) is -0.490. The van der Waals surface area contributed by atoms with Crippen molar-refractivity contribution in [1.29, 1.82) is 0 Å². The van der Waals surface area contributed by atoms with E-state index in [0.29, 0.717) is 0 Å². The van der Waals surface area contributed by atoms with E-state index in [0.717, 1.165) is 19.3 Å². The van der Waals surface area contributed by atoms with Crippen LogP contribution in [0, 0.1) is 0 Å². The Kier molecular flexibility index (Phi) is 2.08. The van der Waals surface area contributed by atoms with Gasteiger partial charge in [0.1, 0.15) is 12.7 Å². The molecule has 0 aromatic carbocycles. The third-order valence-electron chi connectivity index (χ3n) is 2.19. The zero-order chi connectivity index (χ0) is 9.26. The quantitative estimate of drug-likeness (QED) is 0.591. The second-order valence-corrected chi connectivity index (χ2v) is 3.16. The Bertz CT molecular complexity index is 233. The molecule has 13 heavy (non-hydrogen) atoms. The van der Waals surface area contributed by atoms with Crippen molar-refractivity contribution in [3.8, 4) is 0 Å². The van der Waals surface area contributed by atoms with Gasteiger partial charge in [0.25, 0.3) is 0 Å². The molecule has 0 aromatic rings. The van der Waals surface area contributed by atoms with Crippen LogP contribution in [0.2, 0.25) is 0 Å². The fourth-order valence-electron chi connectivity index (χ4n) is 1.17. The minimum atomic E-state index is -0.854. The first kappa shape index (κ1) is 8.34. The van der Waals surface area contributed by atoms with Crippen LogP contribution in [0.1, 0.15) is 19.3 Å². The summed E-state index contributed by atoms with van der Waals surface area (Å²) in [6.45, 7) is -0.0234. The molecule has 1 aliphatic carbocycles. The molecule has 0 bridgehead atoms. The van der Waals surface area contributed by atoms with Gasteiger partial charge in [0.05, 0.1) is 0 Å². The molecule has 0 spiro atoms. The number of cyclic esters (lactones) is 2. The summed E-state index contributed by atoms with van der Waals surface area (Å²) in [5.41, 5.74) is 0. The van der Waals surface area contributed by atoms with E-state index in [9.17, 15) is 9.59 Å². The molecule has 1 saturated heterocycles. The molecule has 1 unspecified atom stereocenters. The molecule has 0 amide bonds. The van der Waals surface area contributed by atoms with Crippen molar-refractivity contribution in [2.75, 3.05) is 6.61 Å². The fraction of sp³-hybridized carbons (Fsp3) is 0.750. The SMILES string of the molecule is O=C1OCC(C(=O)OC2CCC2)O1. The summed E-state index contributed by atoms with van der Waals surface area (Å²) in [6.07, 6.45) is 1.29. The Hall–Kier alpha value is -1.26. The summed E-state index contributed by atoms with van der Waals surface area (Å²) in [7, 11) is 0. The van der Waals surface area contributed by atoms with Crippen LogP contribution in [0.25, 0.3) is 0 Å². The zero-order valence-electron chi connectivity index (χ0n) is 7.02. The number of hydrogen-bond acceptors (Lipinski definition) is 5. The van der Waals surface area contributed by atoms with Gasteiger partial charge in [-0.3, -0.25) is 0 Å². The second-order valence-electron chi connectivity index (χ2n) is 3.16. The highest BCUT2D eigenvalue weighted by Crippen LogP contribution is 2.23. The van der Waals surface area contributed by atoms with Crippen LogP contribution in [0.15, 0.2) is 0 Å². The lowest BCUT2D eigenvalue weighted by Gasteiger charge is -2.25. The molecule has 1 atom stereocenters. The number of carbonyl (C=O) groups is 2. The normalized spacial score (nSPS) is 27.4. The number of ether oxygens (including phenoxy) is 3. The molecule has 2 aliphatic rings. The number of rotatable bonds is 2. The van der Waals surface area contributed by atoms with Gasteiger partial charge in [-0.15, -0.1) is 0 Å². The highest BCUT2D eigenvalue weighted by Gasteiger charge is 2.35. The number of esters is 1. The lowest BCUT2D eigenvalue weighted by Crippen LogP contribution is -2.32. The smallest absolute Gasteiger partial charge is 0.460 e.